The van der Waals surface area contributed by atoms with Gasteiger partial charge in [-0.1, -0.05) is 64.4 Å². The van der Waals surface area contributed by atoms with Crippen molar-refractivity contribution in [3.63, 3.8) is 0 Å². The minimum atomic E-state index is 0.487. The van der Waals surface area contributed by atoms with Crippen molar-refractivity contribution in [2.24, 2.45) is 10.2 Å². The molecule has 4 nitrogen and oxygen atoms in total. The maximum atomic E-state index is 6.09. The van der Waals surface area contributed by atoms with Crippen LogP contribution in [0.1, 0.15) is 23.6 Å². The van der Waals surface area contributed by atoms with Crippen LogP contribution in [-0.2, 0) is 6.54 Å². The molecule has 0 fully saturated rings. The van der Waals surface area contributed by atoms with Crippen molar-refractivity contribution in [2.45, 2.75) is 27.3 Å². The molecular weight excluding hydrogens is 447 g/mol. The van der Waals surface area contributed by atoms with Gasteiger partial charge in [0.25, 0.3) is 0 Å². The highest BCUT2D eigenvalue weighted by atomic mass is 35.5. The molecular formula is C24H22Cl2N4S. The summed E-state index contributed by atoms with van der Waals surface area (Å²) in [4.78, 5) is 6.83. The van der Waals surface area contributed by atoms with Crippen LogP contribution in [0, 0.1) is 13.8 Å². The average Bonchev–Trinajstić information content (AvgIpc) is 3.14. The van der Waals surface area contributed by atoms with Crippen LogP contribution >= 0.6 is 34.5 Å². The zero-order valence-corrected chi connectivity index (χ0v) is 19.9. The van der Waals surface area contributed by atoms with Crippen molar-refractivity contribution in [2.75, 3.05) is 11.4 Å². The van der Waals surface area contributed by atoms with Gasteiger partial charge in [0.05, 0.1) is 25.9 Å². The molecule has 0 amide bonds. The zero-order chi connectivity index (χ0) is 22.0. The van der Waals surface area contributed by atoms with Gasteiger partial charge in [-0.2, -0.15) is 0 Å². The maximum absolute atomic E-state index is 6.09. The molecule has 1 heterocycles. The molecule has 0 radical (unpaired) electrons. The van der Waals surface area contributed by atoms with E-state index in [2.05, 4.69) is 77.3 Å². The predicted molar refractivity (Wildman–Crippen MR) is 133 cm³/mol. The fraction of sp³-hybridized carbons (Fsp3) is 0.208. The predicted octanol–water partition coefficient (Wildman–Crippen LogP) is 8.66. The van der Waals surface area contributed by atoms with E-state index in [9.17, 15) is 0 Å². The summed E-state index contributed by atoms with van der Waals surface area (Å²) in [7, 11) is 0. The molecule has 0 bridgehead atoms. The number of aryl methyl sites for hydroxylation is 2. The average molecular weight is 469 g/mol. The van der Waals surface area contributed by atoms with Crippen molar-refractivity contribution >= 4 is 61.3 Å². The Kier molecular flexibility index (Phi) is 6.56. The lowest BCUT2D eigenvalue weighted by Gasteiger charge is -2.24. The van der Waals surface area contributed by atoms with Crippen LogP contribution in [0.25, 0.3) is 10.2 Å². The summed E-state index contributed by atoms with van der Waals surface area (Å²) in [5.74, 6) is 0. The van der Waals surface area contributed by atoms with Gasteiger partial charge in [0, 0.05) is 18.8 Å². The molecule has 4 rings (SSSR count). The van der Waals surface area contributed by atoms with Crippen LogP contribution < -0.4 is 4.90 Å². The van der Waals surface area contributed by atoms with Crippen molar-refractivity contribution in [3.8, 4) is 0 Å². The molecule has 0 saturated carbocycles. The highest BCUT2D eigenvalue weighted by molar-refractivity contribution is 7.22. The van der Waals surface area contributed by atoms with Gasteiger partial charge >= 0.3 is 0 Å². The quantitative estimate of drug-likeness (QED) is 0.265. The maximum Gasteiger partial charge on any atom is 0.231 e. The smallest absolute Gasteiger partial charge is 0.231 e. The summed E-state index contributed by atoms with van der Waals surface area (Å²) in [6.07, 6.45) is 0. The van der Waals surface area contributed by atoms with Crippen LogP contribution in [0.5, 0.6) is 0 Å². The Morgan fingerprint density at radius 2 is 1.68 bits per heavy atom. The first-order valence-electron chi connectivity index (χ1n) is 10.0. The van der Waals surface area contributed by atoms with Crippen molar-refractivity contribution in [1.82, 2.24) is 4.98 Å². The van der Waals surface area contributed by atoms with Gasteiger partial charge in [0.1, 0.15) is 0 Å². The highest BCUT2D eigenvalue weighted by Gasteiger charge is 2.09. The van der Waals surface area contributed by atoms with Crippen molar-refractivity contribution < 1.29 is 0 Å². The molecule has 0 atom stereocenters. The Labute approximate surface area is 196 Å². The molecule has 7 heteroatoms. The lowest BCUT2D eigenvalue weighted by Crippen LogP contribution is -2.21. The SMILES string of the molecule is CCN(Cc1ccc(C)cc1)c1ccc(N=Nc2nc3cc(Cl)c(Cl)cc3s2)c(C)c1. The van der Waals surface area contributed by atoms with Crippen molar-refractivity contribution in [3.05, 3.63) is 81.3 Å². The molecule has 0 N–H and O–H groups in total. The number of anilines is 1. The number of thiazole rings is 1. The number of aromatic nitrogens is 1. The number of hydrogen-bond acceptors (Lipinski definition) is 5. The van der Waals surface area contributed by atoms with Crippen LogP contribution in [0.4, 0.5) is 16.5 Å². The minimum Gasteiger partial charge on any atom is -0.367 e. The first-order chi connectivity index (χ1) is 14.9. The molecule has 0 spiro atoms. The van der Waals surface area contributed by atoms with E-state index in [4.69, 9.17) is 23.2 Å². The van der Waals surface area contributed by atoms with Crippen LogP contribution in [0.15, 0.2) is 64.8 Å². The molecule has 0 unspecified atom stereocenters. The molecule has 0 aliphatic heterocycles. The Bertz CT molecular complexity index is 1210. The third-order valence-electron chi connectivity index (χ3n) is 5.08. The summed E-state index contributed by atoms with van der Waals surface area (Å²) in [6, 6.07) is 18.5. The number of halogens is 2. The van der Waals surface area contributed by atoms with E-state index in [0.29, 0.717) is 15.2 Å². The van der Waals surface area contributed by atoms with Gasteiger partial charge in [-0.25, -0.2) is 4.98 Å². The van der Waals surface area contributed by atoms with Crippen LogP contribution in [0.2, 0.25) is 10.0 Å². The van der Waals surface area contributed by atoms with E-state index < -0.39 is 0 Å². The number of hydrogen-bond donors (Lipinski definition) is 0. The molecule has 1 aromatic heterocycles. The van der Waals surface area contributed by atoms with Gasteiger partial charge in [-0.15, -0.1) is 10.2 Å². The van der Waals surface area contributed by atoms with Gasteiger partial charge in [0.2, 0.25) is 5.13 Å². The van der Waals surface area contributed by atoms with E-state index >= 15 is 0 Å². The molecule has 0 saturated heterocycles. The van der Waals surface area contributed by atoms with Crippen LogP contribution in [-0.4, -0.2) is 11.5 Å². The molecule has 4 aromatic rings. The summed E-state index contributed by atoms with van der Waals surface area (Å²) in [5, 5.41) is 10.3. The number of nitrogens with zero attached hydrogens (tertiary/aromatic N) is 4. The van der Waals surface area contributed by atoms with Gasteiger partial charge < -0.3 is 4.90 Å². The molecule has 3 aromatic carbocycles. The van der Waals surface area contributed by atoms with Gasteiger partial charge in [-0.3, -0.25) is 0 Å². The van der Waals surface area contributed by atoms with E-state index in [1.165, 1.54) is 28.2 Å². The summed E-state index contributed by atoms with van der Waals surface area (Å²) < 4.78 is 0.935. The molecule has 0 aliphatic rings. The zero-order valence-electron chi connectivity index (χ0n) is 17.6. The second-order valence-corrected chi connectivity index (χ2v) is 9.22. The number of benzene rings is 3. The topological polar surface area (TPSA) is 40.9 Å². The normalized spacial score (nSPS) is 11.5. The lowest BCUT2D eigenvalue weighted by atomic mass is 10.1. The minimum absolute atomic E-state index is 0.487. The van der Waals surface area contributed by atoms with E-state index in [1.807, 2.05) is 12.1 Å². The summed E-state index contributed by atoms with van der Waals surface area (Å²) in [6.45, 7) is 8.12. The fourth-order valence-corrected chi connectivity index (χ4v) is 4.49. The van der Waals surface area contributed by atoms with Gasteiger partial charge in [0.15, 0.2) is 0 Å². The third-order valence-corrected chi connectivity index (χ3v) is 6.71. The van der Waals surface area contributed by atoms with E-state index in [0.717, 1.165) is 34.6 Å². The number of azo groups is 1. The van der Waals surface area contributed by atoms with E-state index in [-0.39, 0.29) is 0 Å². The van der Waals surface area contributed by atoms with E-state index in [1.54, 1.807) is 6.07 Å². The number of fused-ring (bicyclic) bond motifs is 1. The fourth-order valence-electron chi connectivity index (χ4n) is 3.30. The van der Waals surface area contributed by atoms with Gasteiger partial charge in [-0.05, 0) is 62.2 Å². The molecule has 0 aliphatic carbocycles. The molecule has 158 valence electrons. The van der Waals surface area contributed by atoms with Crippen molar-refractivity contribution in [1.29, 1.82) is 0 Å². The Morgan fingerprint density at radius 1 is 0.935 bits per heavy atom. The second kappa shape index (κ2) is 9.35. The Balaban J connectivity index is 1.53. The number of rotatable bonds is 6. The first kappa shape index (κ1) is 21.8. The second-order valence-electron chi connectivity index (χ2n) is 7.40. The monoisotopic (exact) mass is 468 g/mol. The summed E-state index contributed by atoms with van der Waals surface area (Å²) in [5.41, 5.74) is 6.40. The molecule has 31 heavy (non-hydrogen) atoms. The summed E-state index contributed by atoms with van der Waals surface area (Å²) >= 11 is 13.6. The third kappa shape index (κ3) is 5.06. The standard InChI is InChI=1S/C24H22Cl2N4S/c1-4-30(14-17-7-5-15(2)6-8-17)18-9-10-21(16(3)11-18)28-29-24-27-22-12-19(25)20(26)13-23(22)31-24/h5-13H,4,14H2,1-3H3. The first-order valence-corrected chi connectivity index (χ1v) is 11.6. The largest absolute Gasteiger partial charge is 0.367 e. The van der Waals surface area contributed by atoms with Crippen LogP contribution in [0.3, 0.4) is 0 Å². The Hall–Kier alpha value is -2.47. The lowest BCUT2D eigenvalue weighted by molar-refractivity contribution is 0.831. The highest BCUT2D eigenvalue weighted by Crippen LogP contribution is 2.35. The Morgan fingerprint density at radius 3 is 2.39 bits per heavy atom.